The summed E-state index contributed by atoms with van der Waals surface area (Å²) in [4.78, 5) is 10.8. The van der Waals surface area contributed by atoms with Gasteiger partial charge in [0.1, 0.15) is 5.82 Å². The van der Waals surface area contributed by atoms with Gasteiger partial charge in [-0.25, -0.2) is 9.37 Å². The van der Waals surface area contributed by atoms with Gasteiger partial charge in [-0.15, -0.1) is 0 Å². The fourth-order valence-electron chi connectivity index (χ4n) is 3.67. The average molecular weight is 404 g/mol. The van der Waals surface area contributed by atoms with Gasteiger partial charge < -0.3 is 25.4 Å². The van der Waals surface area contributed by atoms with Gasteiger partial charge >= 0.3 is 0 Å². The molecule has 1 aromatic heterocycles. The van der Waals surface area contributed by atoms with Crippen LogP contribution < -0.4 is 20.3 Å². The van der Waals surface area contributed by atoms with E-state index in [2.05, 4.69) is 20.6 Å². The van der Waals surface area contributed by atoms with E-state index in [1.54, 1.807) is 12.3 Å². The first kappa shape index (κ1) is 21.1. The Balaban J connectivity index is 1.42. The molecule has 3 N–H and O–H groups in total. The first-order chi connectivity index (χ1) is 14.0. The number of aromatic nitrogens is 2. The molecule has 0 spiro atoms. The summed E-state index contributed by atoms with van der Waals surface area (Å²) >= 11 is 0. The summed E-state index contributed by atoms with van der Waals surface area (Å²) in [6, 6.07) is 5.28. The van der Waals surface area contributed by atoms with Crippen LogP contribution in [0.1, 0.15) is 31.2 Å². The molecule has 7 nitrogen and oxygen atoms in total. The van der Waals surface area contributed by atoms with Crippen LogP contribution in [0.15, 0.2) is 24.4 Å². The third kappa shape index (κ3) is 5.69. The maximum atomic E-state index is 13.7. The van der Waals surface area contributed by atoms with Crippen LogP contribution in [0, 0.1) is 11.7 Å². The molecule has 0 radical (unpaired) electrons. The SMILES string of the molecule is COc1cc(CNC[C@H]2CC[C@@H](Nc3nccc(N(C)C)n3)CC2)cc(F)c1O. The predicted octanol–water partition coefficient (Wildman–Crippen LogP) is 3.16. The molecule has 8 heteroatoms. The minimum Gasteiger partial charge on any atom is -0.502 e. The Morgan fingerprint density at radius 2 is 2.00 bits per heavy atom. The van der Waals surface area contributed by atoms with Gasteiger partial charge in [0.15, 0.2) is 17.3 Å². The number of phenolic OH excluding ortho intramolecular Hbond substituents is 1. The normalized spacial score (nSPS) is 19.0. The molecule has 158 valence electrons. The first-order valence-electron chi connectivity index (χ1n) is 9.99. The maximum absolute atomic E-state index is 13.7. The number of hydrogen-bond acceptors (Lipinski definition) is 7. The molecular formula is C21H30FN5O2. The van der Waals surface area contributed by atoms with Crippen molar-refractivity contribution in [3.63, 3.8) is 0 Å². The first-order valence-corrected chi connectivity index (χ1v) is 9.99. The molecule has 29 heavy (non-hydrogen) atoms. The predicted molar refractivity (Wildman–Crippen MR) is 112 cm³/mol. The number of phenols is 1. The fourth-order valence-corrected chi connectivity index (χ4v) is 3.67. The second kappa shape index (κ2) is 9.73. The Morgan fingerprint density at radius 3 is 2.69 bits per heavy atom. The fraction of sp³-hybridized carbons (Fsp3) is 0.524. The number of methoxy groups -OCH3 is 1. The van der Waals surface area contributed by atoms with Crippen molar-refractivity contribution in [2.24, 2.45) is 5.92 Å². The Hall–Kier alpha value is -2.61. The van der Waals surface area contributed by atoms with Crippen molar-refractivity contribution in [1.29, 1.82) is 0 Å². The molecule has 1 heterocycles. The summed E-state index contributed by atoms with van der Waals surface area (Å²) in [6.07, 6.45) is 6.16. The van der Waals surface area contributed by atoms with Gasteiger partial charge in [-0.2, -0.15) is 4.98 Å². The minimum absolute atomic E-state index is 0.161. The van der Waals surface area contributed by atoms with Gasteiger partial charge in [0.25, 0.3) is 0 Å². The summed E-state index contributed by atoms with van der Waals surface area (Å²) in [6.45, 7) is 1.42. The van der Waals surface area contributed by atoms with Crippen LogP contribution in [0.4, 0.5) is 16.2 Å². The standard InChI is InChI=1S/C21H30FN5O2/c1-27(2)19-8-9-24-21(26-19)25-16-6-4-14(5-7-16)12-23-13-15-10-17(22)20(28)18(11-15)29-3/h8-11,14,16,23,28H,4-7,12-13H2,1-3H3,(H,24,25,26)/t14-,16+. The molecule has 1 aliphatic carbocycles. The van der Waals surface area contributed by atoms with Crippen molar-refractivity contribution in [3.8, 4) is 11.5 Å². The van der Waals surface area contributed by atoms with E-state index in [4.69, 9.17) is 4.74 Å². The Kier molecular flexibility index (Phi) is 7.09. The molecule has 0 bridgehead atoms. The van der Waals surface area contributed by atoms with Crippen molar-refractivity contribution < 1.29 is 14.2 Å². The molecule has 3 rings (SSSR count). The van der Waals surface area contributed by atoms with Crippen LogP contribution >= 0.6 is 0 Å². The molecule has 0 atom stereocenters. The number of aromatic hydroxyl groups is 1. The monoisotopic (exact) mass is 403 g/mol. The molecule has 0 amide bonds. The van der Waals surface area contributed by atoms with Gasteiger partial charge in [-0.05, 0) is 61.9 Å². The summed E-state index contributed by atoms with van der Waals surface area (Å²) < 4.78 is 18.7. The summed E-state index contributed by atoms with van der Waals surface area (Å²) in [7, 11) is 5.35. The lowest BCUT2D eigenvalue weighted by molar-refractivity contribution is 0.323. The number of nitrogens with one attached hydrogen (secondary N) is 2. The smallest absolute Gasteiger partial charge is 0.224 e. The lowest BCUT2D eigenvalue weighted by Crippen LogP contribution is -2.31. The Labute approximate surface area is 171 Å². The second-order valence-electron chi connectivity index (χ2n) is 7.75. The van der Waals surface area contributed by atoms with Gasteiger partial charge in [0.05, 0.1) is 7.11 Å². The number of hydrogen-bond donors (Lipinski definition) is 3. The molecule has 0 saturated heterocycles. The third-order valence-corrected chi connectivity index (χ3v) is 5.35. The van der Waals surface area contributed by atoms with Crippen molar-refractivity contribution >= 4 is 11.8 Å². The zero-order valence-corrected chi connectivity index (χ0v) is 17.3. The van der Waals surface area contributed by atoms with Gasteiger partial charge in [0, 0.05) is 32.9 Å². The van der Waals surface area contributed by atoms with E-state index in [1.165, 1.54) is 13.2 Å². The molecule has 0 aliphatic heterocycles. The zero-order chi connectivity index (χ0) is 20.8. The van der Waals surface area contributed by atoms with E-state index in [9.17, 15) is 9.50 Å². The van der Waals surface area contributed by atoms with Crippen LogP contribution in [-0.2, 0) is 6.54 Å². The topological polar surface area (TPSA) is 82.5 Å². The van der Waals surface area contributed by atoms with Gasteiger partial charge in [-0.1, -0.05) is 0 Å². The van der Waals surface area contributed by atoms with Gasteiger partial charge in [-0.3, -0.25) is 0 Å². The molecular weight excluding hydrogens is 373 g/mol. The van der Waals surface area contributed by atoms with E-state index in [0.717, 1.165) is 43.6 Å². The van der Waals surface area contributed by atoms with E-state index < -0.39 is 11.6 Å². The van der Waals surface area contributed by atoms with E-state index in [1.807, 2.05) is 25.1 Å². The van der Waals surface area contributed by atoms with E-state index in [-0.39, 0.29) is 5.75 Å². The highest BCUT2D eigenvalue weighted by Crippen LogP contribution is 2.30. The molecule has 2 aromatic rings. The zero-order valence-electron chi connectivity index (χ0n) is 17.3. The molecule has 1 fully saturated rings. The lowest BCUT2D eigenvalue weighted by Gasteiger charge is -2.29. The van der Waals surface area contributed by atoms with Crippen molar-refractivity contribution in [2.45, 2.75) is 38.3 Å². The summed E-state index contributed by atoms with van der Waals surface area (Å²) in [5.41, 5.74) is 0.755. The third-order valence-electron chi connectivity index (χ3n) is 5.35. The maximum Gasteiger partial charge on any atom is 0.224 e. The van der Waals surface area contributed by atoms with Crippen molar-refractivity contribution in [2.75, 3.05) is 38.0 Å². The van der Waals surface area contributed by atoms with Crippen LogP contribution in [-0.4, -0.2) is 48.9 Å². The van der Waals surface area contributed by atoms with Crippen molar-refractivity contribution in [3.05, 3.63) is 35.8 Å². The number of ether oxygens (including phenoxy) is 1. The van der Waals surface area contributed by atoms with Crippen LogP contribution in [0.25, 0.3) is 0 Å². The van der Waals surface area contributed by atoms with E-state index in [0.29, 0.717) is 24.5 Å². The number of anilines is 2. The van der Waals surface area contributed by atoms with Crippen LogP contribution in [0.5, 0.6) is 11.5 Å². The lowest BCUT2D eigenvalue weighted by atomic mass is 9.86. The number of rotatable bonds is 8. The van der Waals surface area contributed by atoms with Crippen LogP contribution in [0.3, 0.4) is 0 Å². The highest BCUT2D eigenvalue weighted by atomic mass is 19.1. The highest BCUT2D eigenvalue weighted by molar-refractivity contribution is 5.43. The Bertz CT molecular complexity index is 810. The molecule has 1 aliphatic rings. The average Bonchev–Trinajstić information content (AvgIpc) is 2.72. The molecule has 0 unspecified atom stereocenters. The number of halogens is 1. The van der Waals surface area contributed by atoms with E-state index >= 15 is 0 Å². The second-order valence-corrected chi connectivity index (χ2v) is 7.75. The van der Waals surface area contributed by atoms with Crippen molar-refractivity contribution in [1.82, 2.24) is 15.3 Å². The van der Waals surface area contributed by atoms with Gasteiger partial charge in [0.2, 0.25) is 5.95 Å². The molecule has 1 aromatic carbocycles. The summed E-state index contributed by atoms with van der Waals surface area (Å²) in [5, 5.41) is 16.4. The quantitative estimate of drug-likeness (QED) is 0.624. The highest BCUT2D eigenvalue weighted by Gasteiger charge is 2.21. The number of benzene rings is 1. The molecule has 1 saturated carbocycles. The largest absolute Gasteiger partial charge is 0.502 e. The minimum atomic E-state index is -0.659. The number of nitrogens with zero attached hydrogens (tertiary/aromatic N) is 3. The Morgan fingerprint density at radius 1 is 1.24 bits per heavy atom. The summed E-state index contributed by atoms with van der Waals surface area (Å²) in [5.74, 6) is 1.22. The van der Waals surface area contributed by atoms with Crippen LogP contribution in [0.2, 0.25) is 0 Å².